The first kappa shape index (κ1) is 22.6. The van der Waals surface area contributed by atoms with Gasteiger partial charge >= 0.3 is 0 Å². The van der Waals surface area contributed by atoms with E-state index in [0.29, 0.717) is 33.1 Å². The summed E-state index contributed by atoms with van der Waals surface area (Å²) in [4.78, 5) is 12.5. The van der Waals surface area contributed by atoms with E-state index in [0.717, 1.165) is 12.3 Å². The van der Waals surface area contributed by atoms with Crippen molar-refractivity contribution in [3.8, 4) is 0 Å². The number of carbonyl (C=O) groups excluding carboxylic acids is 1. The molecule has 2 bridgehead atoms. The van der Waals surface area contributed by atoms with E-state index < -0.39 is 10.0 Å². The second-order valence-corrected chi connectivity index (χ2v) is 11.3. The van der Waals surface area contributed by atoms with Crippen molar-refractivity contribution in [2.75, 3.05) is 5.32 Å². The molecule has 5 nitrogen and oxygen atoms in total. The van der Waals surface area contributed by atoms with E-state index in [1.165, 1.54) is 31.4 Å². The van der Waals surface area contributed by atoms with Crippen molar-refractivity contribution in [1.29, 1.82) is 0 Å². The summed E-state index contributed by atoms with van der Waals surface area (Å²) in [5, 5.41) is 3.71. The Morgan fingerprint density at radius 3 is 2.45 bits per heavy atom. The Morgan fingerprint density at radius 2 is 1.84 bits per heavy atom. The smallest absolute Gasteiger partial charge is 0.240 e. The Kier molecular flexibility index (Phi) is 6.63. The standard InChI is InChI=1S/C23H26Cl2N2O3S/c1-14(21-11-15-2-3-16(21)10-15)27-31(29,30)20-8-6-19(7-9-20)26-23(28)12-17-4-5-18(24)13-22(17)25/h4-9,13-16,21,27H,2-3,10-12H2,1H3,(H,26,28). The Labute approximate surface area is 193 Å². The average molecular weight is 481 g/mol. The molecule has 2 fully saturated rings. The summed E-state index contributed by atoms with van der Waals surface area (Å²) in [7, 11) is -3.61. The molecule has 4 rings (SSSR count). The van der Waals surface area contributed by atoms with Crippen molar-refractivity contribution in [3.05, 3.63) is 58.1 Å². The zero-order valence-electron chi connectivity index (χ0n) is 17.3. The van der Waals surface area contributed by atoms with Crippen molar-refractivity contribution < 1.29 is 13.2 Å². The zero-order valence-corrected chi connectivity index (χ0v) is 19.6. The lowest BCUT2D eigenvalue weighted by molar-refractivity contribution is -0.115. The summed E-state index contributed by atoms with van der Waals surface area (Å²) in [5.74, 6) is 1.59. The maximum Gasteiger partial charge on any atom is 0.240 e. The van der Waals surface area contributed by atoms with Crippen molar-refractivity contribution in [2.45, 2.75) is 50.0 Å². The number of anilines is 1. The second kappa shape index (κ2) is 9.10. The van der Waals surface area contributed by atoms with Crippen LogP contribution in [0, 0.1) is 17.8 Å². The summed E-state index contributed by atoms with van der Waals surface area (Å²) >= 11 is 12.0. The highest BCUT2D eigenvalue weighted by atomic mass is 35.5. The van der Waals surface area contributed by atoms with Gasteiger partial charge in [0.2, 0.25) is 15.9 Å². The first-order valence-electron chi connectivity index (χ1n) is 10.6. The van der Waals surface area contributed by atoms with Crippen LogP contribution >= 0.6 is 23.2 Å². The van der Waals surface area contributed by atoms with Crippen LogP contribution in [-0.2, 0) is 21.2 Å². The van der Waals surface area contributed by atoms with Gasteiger partial charge in [-0.15, -0.1) is 0 Å². The monoisotopic (exact) mass is 480 g/mol. The van der Waals surface area contributed by atoms with Crippen LogP contribution in [0.4, 0.5) is 5.69 Å². The molecule has 0 aliphatic heterocycles. The summed E-state index contributed by atoms with van der Waals surface area (Å²) in [5.41, 5.74) is 1.19. The number of rotatable bonds is 7. The molecule has 8 heteroatoms. The molecule has 0 saturated heterocycles. The van der Waals surface area contributed by atoms with Gasteiger partial charge in [0.1, 0.15) is 0 Å². The van der Waals surface area contributed by atoms with Crippen LogP contribution in [0.2, 0.25) is 10.0 Å². The van der Waals surface area contributed by atoms with E-state index >= 15 is 0 Å². The number of hydrogen-bond acceptors (Lipinski definition) is 3. The van der Waals surface area contributed by atoms with Crippen molar-refractivity contribution in [2.24, 2.45) is 17.8 Å². The molecule has 4 unspecified atom stereocenters. The molecular weight excluding hydrogens is 455 g/mol. The molecule has 166 valence electrons. The summed E-state index contributed by atoms with van der Waals surface area (Å²) in [6, 6.07) is 11.1. The molecule has 0 spiro atoms. The lowest BCUT2D eigenvalue weighted by Crippen LogP contribution is -2.40. The lowest BCUT2D eigenvalue weighted by atomic mass is 9.84. The first-order chi connectivity index (χ1) is 14.7. The van der Waals surface area contributed by atoms with Gasteiger partial charge in [-0.3, -0.25) is 4.79 Å². The topological polar surface area (TPSA) is 75.3 Å². The maximum atomic E-state index is 12.8. The lowest BCUT2D eigenvalue weighted by Gasteiger charge is -2.28. The summed E-state index contributed by atoms with van der Waals surface area (Å²) in [6.07, 6.45) is 4.97. The van der Waals surface area contributed by atoms with Gasteiger partial charge in [0, 0.05) is 21.8 Å². The molecule has 2 aromatic rings. The zero-order chi connectivity index (χ0) is 22.2. The van der Waals surface area contributed by atoms with Gasteiger partial charge in [0.25, 0.3) is 0 Å². The predicted molar refractivity (Wildman–Crippen MR) is 124 cm³/mol. The van der Waals surface area contributed by atoms with Crippen LogP contribution in [0.15, 0.2) is 47.4 Å². The van der Waals surface area contributed by atoms with Gasteiger partial charge in [-0.2, -0.15) is 0 Å². The third kappa shape index (κ3) is 5.25. The summed E-state index contributed by atoms with van der Waals surface area (Å²) < 4.78 is 28.5. The number of nitrogens with one attached hydrogen (secondary N) is 2. The number of hydrogen-bond donors (Lipinski definition) is 2. The highest BCUT2D eigenvalue weighted by Crippen LogP contribution is 2.49. The van der Waals surface area contributed by atoms with Crippen LogP contribution in [0.1, 0.15) is 38.2 Å². The number of halogens is 2. The van der Waals surface area contributed by atoms with Gasteiger partial charge in [0.05, 0.1) is 11.3 Å². The molecule has 2 aromatic carbocycles. The Hall–Kier alpha value is -1.60. The fourth-order valence-electron chi connectivity index (χ4n) is 5.07. The number of carbonyl (C=O) groups is 1. The Bertz CT molecular complexity index is 1070. The van der Waals surface area contributed by atoms with Gasteiger partial charge < -0.3 is 5.32 Å². The van der Waals surface area contributed by atoms with E-state index in [4.69, 9.17) is 23.2 Å². The molecule has 2 aliphatic carbocycles. The van der Waals surface area contributed by atoms with E-state index in [1.54, 1.807) is 30.3 Å². The molecule has 0 radical (unpaired) electrons. The highest BCUT2D eigenvalue weighted by molar-refractivity contribution is 7.89. The van der Waals surface area contributed by atoms with Crippen molar-refractivity contribution >= 4 is 44.8 Å². The molecule has 2 N–H and O–H groups in total. The quantitative estimate of drug-likeness (QED) is 0.565. The second-order valence-electron chi connectivity index (χ2n) is 8.73. The van der Waals surface area contributed by atoms with E-state index in [1.807, 2.05) is 6.92 Å². The maximum absolute atomic E-state index is 12.8. The highest BCUT2D eigenvalue weighted by Gasteiger charge is 2.42. The minimum atomic E-state index is -3.61. The number of benzene rings is 2. The van der Waals surface area contributed by atoms with Gasteiger partial charge in [-0.25, -0.2) is 13.1 Å². The largest absolute Gasteiger partial charge is 0.326 e. The SMILES string of the molecule is CC(NS(=O)(=O)c1ccc(NC(=O)Cc2ccc(Cl)cc2Cl)cc1)C1CC2CCC1C2. The van der Waals surface area contributed by atoms with E-state index in [2.05, 4.69) is 10.0 Å². The number of sulfonamides is 1. The minimum absolute atomic E-state index is 0.0798. The van der Waals surface area contributed by atoms with Crippen molar-refractivity contribution in [1.82, 2.24) is 4.72 Å². The summed E-state index contributed by atoms with van der Waals surface area (Å²) in [6.45, 7) is 1.97. The van der Waals surface area contributed by atoms with Crippen LogP contribution in [0.25, 0.3) is 0 Å². The molecule has 0 aromatic heterocycles. The normalized spacial score (nSPS) is 23.6. The first-order valence-corrected chi connectivity index (χ1v) is 12.8. The predicted octanol–water partition coefficient (Wildman–Crippen LogP) is 5.28. The van der Waals surface area contributed by atoms with Crippen LogP contribution in [0.5, 0.6) is 0 Å². The fourth-order valence-corrected chi connectivity index (χ4v) is 6.84. The van der Waals surface area contributed by atoms with Crippen LogP contribution in [0.3, 0.4) is 0 Å². The number of fused-ring (bicyclic) bond motifs is 2. The molecule has 0 heterocycles. The van der Waals surface area contributed by atoms with Crippen LogP contribution in [-0.4, -0.2) is 20.4 Å². The molecule has 31 heavy (non-hydrogen) atoms. The fraction of sp³-hybridized carbons (Fsp3) is 0.435. The molecule has 4 atom stereocenters. The third-order valence-electron chi connectivity index (χ3n) is 6.59. The Balaban J connectivity index is 1.36. The van der Waals surface area contributed by atoms with Gasteiger partial charge in [-0.1, -0.05) is 35.7 Å². The molecule has 2 aliphatic rings. The number of amides is 1. The molecular formula is C23H26Cl2N2O3S. The Morgan fingerprint density at radius 1 is 1.10 bits per heavy atom. The molecule has 1 amide bonds. The third-order valence-corrected chi connectivity index (χ3v) is 8.75. The van der Waals surface area contributed by atoms with Crippen molar-refractivity contribution in [3.63, 3.8) is 0 Å². The average Bonchev–Trinajstić information content (AvgIpc) is 3.34. The minimum Gasteiger partial charge on any atom is -0.326 e. The van der Waals surface area contributed by atoms with E-state index in [9.17, 15) is 13.2 Å². The van der Waals surface area contributed by atoms with Gasteiger partial charge in [0.15, 0.2) is 0 Å². The molecule has 2 saturated carbocycles. The van der Waals surface area contributed by atoms with E-state index in [-0.39, 0.29) is 23.3 Å². The van der Waals surface area contributed by atoms with Gasteiger partial charge in [-0.05, 0) is 85.9 Å². The van der Waals surface area contributed by atoms with Crippen LogP contribution < -0.4 is 10.0 Å².